The number of nitrogens with zero attached hydrogens (tertiary/aromatic N) is 3. The fourth-order valence-electron chi connectivity index (χ4n) is 2.05. The third-order valence-corrected chi connectivity index (χ3v) is 3.78. The van der Waals surface area contributed by atoms with E-state index < -0.39 is 45.4 Å². The van der Waals surface area contributed by atoms with Crippen LogP contribution in [0.15, 0.2) is 12.3 Å². The van der Waals surface area contributed by atoms with E-state index in [4.69, 9.17) is 5.14 Å². The number of halogens is 3. The third-order valence-electron chi connectivity index (χ3n) is 2.85. The summed E-state index contributed by atoms with van der Waals surface area (Å²) >= 11 is 0. The van der Waals surface area contributed by atoms with Crippen molar-refractivity contribution in [2.24, 2.45) is 11.1 Å². The minimum Gasteiger partial charge on any atom is -0.280 e. The summed E-state index contributed by atoms with van der Waals surface area (Å²) in [5.41, 5.74) is -1.17. The van der Waals surface area contributed by atoms with Gasteiger partial charge in [0.25, 0.3) is 0 Å². The Balaban J connectivity index is 2.21. The first kappa shape index (κ1) is 15.6. The highest BCUT2D eigenvalue weighted by Gasteiger charge is 2.37. The van der Waals surface area contributed by atoms with Gasteiger partial charge in [-0.2, -0.15) is 13.2 Å². The molecule has 11 heteroatoms. The number of sulfonamides is 1. The molecule has 2 rings (SSSR count). The molecule has 21 heavy (non-hydrogen) atoms. The molecule has 1 aromatic heterocycles. The second-order valence-corrected chi connectivity index (χ2v) is 6.30. The number of aromatic nitrogens is 2. The molecular formula is C10H11F3N4O3S. The number of amides is 1. The van der Waals surface area contributed by atoms with E-state index in [0.29, 0.717) is 6.07 Å². The molecule has 0 aliphatic carbocycles. The van der Waals surface area contributed by atoms with Crippen LogP contribution < -0.4 is 10.0 Å². The van der Waals surface area contributed by atoms with Gasteiger partial charge in [-0.15, -0.1) is 0 Å². The predicted molar refractivity (Wildman–Crippen MR) is 65.5 cm³/mol. The van der Waals surface area contributed by atoms with E-state index in [9.17, 15) is 26.4 Å². The van der Waals surface area contributed by atoms with Crippen LogP contribution in [0.25, 0.3) is 0 Å². The number of nitrogens with two attached hydrogens (primary N) is 1. The van der Waals surface area contributed by atoms with Gasteiger partial charge in [0, 0.05) is 25.1 Å². The maximum atomic E-state index is 12.6. The molecule has 1 amide bonds. The molecule has 2 heterocycles. The number of hydrogen-bond acceptors (Lipinski definition) is 5. The Labute approximate surface area is 118 Å². The Kier molecular flexibility index (Phi) is 3.89. The molecule has 0 radical (unpaired) electrons. The highest BCUT2D eigenvalue weighted by atomic mass is 32.2. The van der Waals surface area contributed by atoms with Crippen LogP contribution in [0.5, 0.6) is 0 Å². The molecule has 0 spiro atoms. The summed E-state index contributed by atoms with van der Waals surface area (Å²) in [7, 11) is -3.77. The van der Waals surface area contributed by atoms with Crippen molar-refractivity contribution in [2.45, 2.75) is 12.6 Å². The lowest BCUT2D eigenvalue weighted by Crippen LogP contribution is -2.29. The Morgan fingerprint density at radius 1 is 1.43 bits per heavy atom. The van der Waals surface area contributed by atoms with Crippen LogP contribution >= 0.6 is 0 Å². The number of primary sulfonamides is 1. The van der Waals surface area contributed by atoms with Crippen molar-refractivity contribution >= 4 is 21.9 Å². The summed E-state index contributed by atoms with van der Waals surface area (Å²) in [5.74, 6) is -1.95. The normalized spacial score (nSPS) is 20.1. The van der Waals surface area contributed by atoms with E-state index in [2.05, 4.69) is 9.97 Å². The zero-order valence-corrected chi connectivity index (χ0v) is 11.4. The zero-order chi connectivity index (χ0) is 15.8. The van der Waals surface area contributed by atoms with Gasteiger partial charge in [-0.05, 0) is 6.07 Å². The number of anilines is 1. The number of carbonyl (C=O) groups excluding carboxylic acids is 1. The molecule has 1 unspecified atom stereocenters. The summed E-state index contributed by atoms with van der Waals surface area (Å²) in [5, 5.41) is 4.89. The van der Waals surface area contributed by atoms with Crippen molar-refractivity contribution in [3.8, 4) is 0 Å². The smallest absolute Gasteiger partial charge is 0.280 e. The molecule has 1 saturated heterocycles. The molecular weight excluding hydrogens is 313 g/mol. The van der Waals surface area contributed by atoms with Gasteiger partial charge >= 0.3 is 6.18 Å². The molecule has 1 fully saturated rings. The molecule has 0 aromatic carbocycles. The number of alkyl halides is 3. The van der Waals surface area contributed by atoms with Gasteiger partial charge < -0.3 is 0 Å². The average Bonchev–Trinajstić information content (AvgIpc) is 2.67. The van der Waals surface area contributed by atoms with E-state index in [1.54, 1.807) is 0 Å². The van der Waals surface area contributed by atoms with Gasteiger partial charge in [0.1, 0.15) is 5.69 Å². The summed E-state index contributed by atoms with van der Waals surface area (Å²) in [4.78, 5) is 19.6. The van der Waals surface area contributed by atoms with Crippen molar-refractivity contribution in [2.75, 3.05) is 17.2 Å². The second-order valence-electron chi connectivity index (χ2n) is 4.64. The summed E-state index contributed by atoms with van der Waals surface area (Å²) < 4.78 is 59.7. The molecule has 1 aliphatic heterocycles. The molecule has 116 valence electrons. The summed E-state index contributed by atoms with van der Waals surface area (Å²) in [6.07, 6.45) is -3.89. The largest absolute Gasteiger partial charge is 0.433 e. The van der Waals surface area contributed by atoms with Gasteiger partial charge in [0.15, 0.2) is 0 Å². The topological polar surface area (TPSA) is 106 Å². The fraction of sp³-hybridized carbons (Fsp3) is 0.500. The monoisotopic (exact) mass is 324 g/mol. The van der Waals surface area contributed by atoms with Gasteiger partial charge in [-0.3, -0.25) is 9.69 Å². The SMILES string of the molecule is NS(=O)(=O)CC1CC(=O)N(c2nccc(C(F)(F)F)n2)C1. The summed E-state index contributed by atoms with van der Waals surface area (Å²) in [6, 6.07) is 0.686. The van der Waals surface area contributed by atoms with Gasteiger partial charge in [-0.1, -0.05) is 0 Å². The second kappa shape index (κ2) is 5.22. The minimum atomic E-state index is -4.65. The standard InChI is InChI=1S/C10H11F3N4O3S/c11-10(12,13)7-1-2-15-9(16-7)17-4-6(3-8(17)18)5-21(14,19)20/h1-2,6H,3-5H2,(H2,14,19,20). The molecule has 0 bridgehead atoms. The Hall–Kier alpha value is -1.75. The number of carbonyl (C=O) groups is 1. The fourth-order valence-corrected chi connectivity index (χ4v) is 2.93. The first-order valence-corrected chi connectivity index (χ1v) is 7.49. The zero-order valence-electron chi connectivity index (χ0n) is 10.5. The Morgan fingerprint density at radius 2 is 2.10 bits per heavy atom. The quantitative estimate of drug-likeness (QED) is 0.851. The molecule has 7 nitrogen and oxygen atoms in total. The molecule has 2 N–H and O–H groups in total. The van der Waals surface area contributed by atoms with Crippen molar-refractivity contribution in [3.05, 3.63) is 18.0 Å². The van der Waals surface area contributed by atoms with Crippen LogP contribution in [0.2, 0.25) is 0 Å². The van der Waals surface area contributed by atoms with Gasteiger partial charge in [0.2, 0.25) is 21.9 Å². The molecule has 1 aliphatic rings. The van der Waals surface area contributed by atoms with Crippen molar-refractivity contribution in [3.63, 3.8) is 0 Å². The van der Waals surface area contributed by atoms with Crippen LogP contribution in [0.4, 0.5) is 19.1 Å². The molecule has 0 saturated carbocycles. The van der Waals surface area contributed by atoms with Crippen LogP contribution in [-0.2, 0) is 21.0 Å². The van der Waals surface area contributed by atoms with Crippen LogP contribution in [-0.4, -0.2) is 36.6 Å². The van der Waals surface area contributed by atoms with Gasteiger partial charge in [-0.25, -0.2) is 23.5 Å². The van der Waals surface area contributed by atoms with E-state index in [1.165, 1.54) is 0 Å². The third kappa shape index (κ3) is 3.88. The highest BCUT2D eigenvalue weighted by Crippen LogP contribution is 2.29. The maximum Gasteiger partial charge on any atom is 0.433 e. The van der Waals surface area contributed by atoms with E-state index in [0.717, 1.165) is 11.1 Å². The lowest BCUT2D eigenvalue weighted by Gasteiger charge is -2.15. The van der Waals surface area contributed by atoms with Crippen molar-refractivity contribution < 1.29 is 26.4 Å². The predicted octanol–water partition coefficient (Wildman–Crippen LogP) is 0.137. The minimum absolute atomic E-state index is 0.0867. The number of rotatable bonds is 3. The average molecular weight is 324 g/mol. The lowest BCUT2D eigenvalue weighted by atomic mass is 10.1. The van der Waals surface area contributed by atoms with Crippen molar-refractivity contribution in [1.82, 2.24) is 9.97 Å². The van der Waals surface area contributed by atoms with Crippen LogP contribution in [0.3, 0.4) is 0 Å². The van der Waals surface area contributed by atoms with Crippen LogP contribution in [0, 0.1) is 5.92 Å². The highest BCUT2D eigenvalue weighted by molar-refractivity contribution is 7.89. The van der Waals surface area contributed by atoms with E-state index >= 15 is 0 Å². The molecule has 1 aromatic rings. The maximum absolute atomic E-state index is 12.6. The Bertz CT molecular complexity index is 662. The number of hydrogen-bond donors (Lipinski definition) is 1. The summed E-state index contributed by atoms with van der Waals surface area (Å²) in [6.45, 7) is -0.0867. The first-order valence-electron chi connectivity index (χ1n) is 5.77. The van der Waals surface area contributed by atoms with E-state index in [-0.39, 0.29) is 13.0 Å². The first-order chi connectivity index (χ1) is 9.56. The van der Waals surface area contributed by atoms with Gasteiger partial charge in [0.05, 0.1) is 5.75 Å². The molecule has 1 atom stereocenters. The van der Waals surface area contributed by atoms with Crippen LogP contribution in [0.1, 0.15) is 12.1 Å². The Morgan fingerprint density at radius 3 is 2.67 bits per heavy atom. The van der Waals surface area contributed by atoms with Crippen molar-refractivity contribution in [1.29, 1.82) is 0 Å². The van der Waals surface area contributed by atoms with E-state index in [1.807, 2.05) is 0 Å². The lowest BCUT2D eigenvalue weighted by molar-refractivity contribution is -0.141.